The Morgan fingerprint density at radius 3 is 2.78 bits per heavy atom. The average Bonchev–Trinajstić information content (AvgIpc) is 2.34. The maximum Gasteiger partial charge on any atom is 0.323 e. The molecule has 0 saturated carbocycles. The van der Waals surface area contributed by atoms with Gasteiger partial charge >= 0.3 is 6.01 Å². The standard InChI is InChI=1S/C10H18N6O2/c1-4-5-18-10-15-8(11)14-9(16-10)13-6(2)7(17)12-3/h6H,4-5H2,1-3H3,(H,12,17)(H3,11,13,14,15,16). The minimum Gasteiger partial charge on any atom is -0.463 e. The van der Waals surface area contributed by atoms with E-state index < -0.39 is 6.04 Å². The van der Waals surface area contributed by atoms with Crippen molar-refractivity contribution in [3.8, 4) is 6.01 Å². The van der Waals surface area contributed by atoms with Crippen molar-refractivity contribution in [1.82, 2.24) is 20.3 Å². The van der Waals surface area contributed by atoms with Crippen molar-refractivity contribution < 1.29 is 9.53 Å². The lowest BCUT2D eigenvalue weighted by Crippen LogP contribution is -2.35. The average molecular weight is 254 g/mol. The summed E-state index contributed by atoms with van der Waals surface area (Å²) in [6, 6.07) is -0.327. The Morgan fingerprint density at radius 1 is 1.44 bits per heavy atom. The highest BCUT2D eigenvalue weighted by Crippen LogP contribution is 2.10. The van der Waals surface area contributed by atoms with Crippen LogP contribution in [0.4, 0.5) is 11.9 Å². The molecule has 0 aliphatic rings. The number of carbonyl (C=O) groups excluding carboxylic acids is 1. The van der Waals surface area contributed by atoms with Crippen molar-refractivity contribution in [2.24, 2.45) is 0 Å². The first-order valence-corrected chi connectivity index (χ1v) is 5.69. The number of hydrogen-bond donors (Lipinski definition) is 3. The van der Waals surface area contributed by atoms with Crippen LogP contribution in [0.15, 0.2) is 0 Å². The summed E-state index contributed by atoms with van der Waals surface area (Å²) in [5.74, 6) is 0.0809. The Balaban J connectivity index is 2.76. The van der Waals surface area contributed by atoms with Crippen LogP contribution in [0.2, 0.25) is 0 Å². The molecule has 0 aromatic carbocycles. The van der Waals surface area contributed by atoms with E-state index in [0.29, 0.717) is 6.61 Å². The van der Waals surface area contributed by atoms with Crippen LogP contribution in [0.5, 0.6) is 6.01 Å². The molecule has 18 heavy (non-hydrogen) atoms. The Bertz CT molecular complexity index is 411. The fourth-order valence-electron chi connectivity index (χ4n) is 1.17. The highest BCUT2D eigenvalue weighted by Gasteiger charge is 2.13. The van der Waals surface area contributed by atoms with Gasteiger partial charge in [-0.05, 0) is 13.3 Å². The number of anilines is 2. The monoisotopic (exact) mass is 254 g/mol. The number of nitrogens with zero attached hydrogens (tertiary/aromatic N) is 3. The predicted molar refractivity (Wildman–Crippen MR) is 67.2 cm³/mol. The maximum absolute atomic E-state index is 11.4. The second-order valence-electron chi connectivity index (χ2n) is 3.63. The third-order valence-corrected chi connectivity index (χ3v) is 2.05. The molecule has 1 aromatic heterocycles. The molecule has 1 atom stereocenters. The minimum absolute atomic E-state index is 0.0442. The number of hydrogen-bond acceptors (Lipinski definition) is 7. The highest BCUT2D eigenvalue weighted by atomic mass is 16.5. The molecule has 0 aliphatic carbocycles. The molecular weight excluding hydrogens is 236 g/mol. The van der Waals surface area contributed by atoms with E-state index >= 15 is 0 Å². The molecular formula is C10H18N6O2. The molecule has 0 aliphatic heterocycles. The first kappa shape index (κ1) is 13.9. The van der Waals surface area contributed by atoms with Gasteiger partial charge in [0.2, 0.25) is 17.8 Å². The molecule has 1 unspecified atom stereocenters. The van der Waals surface area contributed by atoms with E-state index in [0.717, 1.165) is 6.42 Å². The zero-order chi connectivity index (χ0) is 13.5. The Labute approximate surface area is 105 Å². The molecule has 4 N–H and O–H groups in total. The number of rotatable bonds is 6. The number of ether oxygens (including phenoxy) is 1. The Morgan fingerprint density at radius 2 is 2.17 bits per heavy atom. The summed E-state index contributed by atoms with van der Waals surface area (Å²) in [6.07, 6.45) is 0.836. The van der Waals surface area contributed by atoms with Gasteiger partial charge in [-0.2, -0.15) is 15.0 Å². The summed E-state index contributed by atoms with van der Waals surface area (Å²) in [5.41, 5.74) is 5.53. The Hall–Kier alpha value is -2.12. The van der Waals surface area contributed by atoms with E-state index in [-0.39, 0.29) is 23.8 Å². The van der Waals surface area contributed by atoms with Gasteiger partial charge in [-0.25, -0.2) is 0 Å². The molecule has 8 heteroatoms. The van der Waals surface area contributed by atoms with Crippen molar-refractivity contribution in [3.63, 3.8) is 0 Å². The van der Waals surface area contributed by atoms with E-state index in [1.807, 2.05) is 6.92 Å². The van der Waals surface area contributed by atoms with Gasteiger partial charge in [0.1, 0.15) is 6.04 Å². The van der Waals surface area contributed by atoms with Crippen molar-refractivity contribution in [2.45, 2.75) is 26.3 Å². The summed E-state index contributed by atoms with van der Waals surface area (Å²) in [7, 11) is 1.55. The number of nitrogens with two attached hydrogens (primary N) is 1. The fraction of sp³-hybridized carbons (Fsp3) is 0.600. The van der Waals surface area contributed by atoms with Crippen LogP contribution in [0.1, 0.15) is 20.3 Å². The molecule has 0 saturated heterocycles. The van der Waals surface area contributed by atoms with E-state index in [1.54, 1.807) is 14.0 Å². The SMILES string of the molecule is CCCOc1nc(N)nc(NC(C)C(=O)NC)n1. The van der Waals surface area contributed by atoms with Gasteiger partial charge in [-0.15, -0.1) is 0 Å². The summed E-state index contributed by atoms with van der Waals surface area (Å²) in [5, 5.41) is 5.33. The Kier molecular flexibility index (Phi) is 5.09. The lowest BCUT2D eigenvalue weighted by Gasteiger charge is -2.12. The topological polar surface area (TPSA) is 115 Å². The molecule has 8 nitrogen and oxygen atoms in total. The number of nitrogen functional groups attached to an aromatic ring is 1. The van der Waals surface area contributed by atoms with E-state index in [2.05, 4.69) is 25.6 Å². The number of aromatic nitrogens is 3. The first-order valence-electron chi connectivity index (χ1n) is 5.69. The second-order valence-corrected chi connectivity index (χ2v) is 3.63. The van der Waals surface area contributed by atoms with E-state index in [1.165, 1.54) is 0 Å². The molecule has 1 heterocycles. The second kappa shape index (κ2) is 6.58. The third-order valence-electron chi connectivity index (χ3n) is 2.05. The van der Waals surface area contributed by atoms with Gasteiger partial charge in [0.05, 0.1) is 6.61 Å². The third kappa shape index (κ3) is 4.04. The highest BCUT2D eigenvalue weighted by molar-refractivity contribution is 5.83. The normalized spacial score (nSPS) is 11.7. The summed E-state index contributed by atoms with van der Waals surface area (Å²) in [6.45, 7) is 4.15. The lowest BCUT2D eigenvalue weighted by molar-refractivity contribution is -0.121. The summed E-state index contributed by atoms with van der Waals surface area (Å²) in [4.78, 5) is 23.1. The number of carbonyl (C=O) groups is 1. The molecule has 1 rings (SSSR count). The quantitative estimate of drug-likeness (QED) is 0.643. The largest absolute Gasteiger partial charge is 0.463 e. The number of likely N-dealkylation sites (N-methyl/N-ethyl adjacent to an activating group) is 1. The van der Waals surface area contributed by atoms with Gasteiger partial charge in [0.25, 0.3) is 0 Å². The molecule has 0 fully saturated rings. The molecule has 0 radical (unpaired) electrons. The van der Waals surface area contributed by atoms with Gasteiger partial charge in [-0.3, -0.25) is 4.79 Å². The van der Waals surface area contributed by atoms with Gasteiger partial charge < -0.3 is 21.1 Å². The number of amides is 1. The molecule has 1 amide bonds. The maximum atomic E-state index is 11.4. The fourth-order valence-corrected chi connectivity index (χ4v) is 1.17. The van der Waals surface area contributed by atoms with Crippen LogP contribution in [-0.2, 0) is 4.79 Å². The smallest absolute Gasteiger partial charge is 0.323 e. The number of nitrogens with one attached hydrogen (secondary N) is 2. The van der Waals surface area contributed by atoms with Crippen LogP contribution in [0, 0.1) is 0 Å². The van der Waals surface area contributed by atoms with Crippen LogP contribution < -0.4 is 21.1 Å². The lowest BCUT2D eigenvalue weighted by atomic mass is 10.3. The van der Waals surface area contributed by atoms with Crippen molar-refractivity contribution in [2.75, 3.05) is 24.7 Å². The van der Waals surface area contributed by atoms with Crippen molar-refractivity contribution >= 4 is 17.8 Å². The van der Waals surface area contributed by atoms with E-state index in [9.17, 15) is 4.79 Å². The summed E-state index contributed by atoms with van der Waals surface area (Å²) >= 11 is 0. The van der Waals surface area contributed by atoms with Crippen LogP contribution in [0.3, 0.4) is 0 Å². The molecule has 0 bridgehead atoms. The van der Waals surface area contributed by atoms with Gasteiger partial charge in [0.15, 0.2) is 0 Å². The predicted octanol–water partition coefficient (Wildman–Crippen LogP) is -0.211. The molecule has 0 spiro atoms. The van der Waals surface area contributed by atoms with Gasteiger partial charge in [-0.1, -0.05) is 6.92 Å². The van der Waals surface area contributed by atoms with Crippen molar-refractivity contribution in [3.05, 3.63) is 0 Å². The zero-order valence-corrected chi connectivity index (χ0v) is 10.7. The first-order chi connectivity index (χ1) is 8.56. The van der Waals surface area contributed by atoms with Gasteiger partial charge in [0, 0.05) is 7.05 Å². The summed E-state index contributed by atoms with van der Waals surface area (Å²) < 4.78 is 5.26. The molecule has 1 aromatic rings. The van der Waals surface area contributed by atoms with Crippen LogP contribution in [-0.4, -0.2) is 40.6 Å². The van der Waals surface area contributed by atoms with Crippen molar-refractivity contribution in [1.29, 1.82) is 0 Å². The van der Waals surface area contributed by atoms with Crippen LogP contribution >= 0.6 is 0 Å². The zero-order valence-electron chi connectivity index (χ0n) is 10.7. The molecule has 100 valence electrons. The minimum atomic E-state index is -0.476. The van der Waals surface area contributed by atoms with E-state index in [4.69, 9.17) is 10.5 Å². The van der Waals surface area contributed by atoms with Crippen LogP contribution in [0.25, 0.3) is 0 Å².